The third-order valence-corrected chi connectivity index (χ3v) is 4.85. The van der Waals surface area contributed by atoms with Crippen LogP contribution in [0.5, 0.6) is 0 Å². The average Bonchev–Trinajstić information content (AvgIpc) is 2.78. The minimum absolute atomic E-state index is 0.281. The van der Waals surface area contributed by atoms with Gasteiger partial charge in [0.2, 0.25) is 0 Å². The fourth-order valence-electron chi connectivity index (χ4n) is 2.93. The van der Waals surface area contributed by atoms with Crippen LogP contribution in [0.1, 0.15) is 32.8 Å². The molecule has 0 aromatic heterocycles. The summed E-state index contributed by atoms with van der Waals surface area (Å²) < 4.78 is 12.6. The molecule has 3 rings (SSSR count). The van der Waals surface area contributed by atoms with Gasteiger partial charge >= 0.3 is 7.12 Å². The van der Waals surface area contributed by atoms with Gasteiger partial charge in [0.05, 0.1) is 11.2 Å². The van der Waals surface area contributed by atoms with Crippen molar-refractivity contribution in [3.8, 4) is 0 Å². The lowest BCUT2D eigenvalue weighted by atomic mass is 9.79. The monoisotopic (exact) mass is 294 g/mol. The van der Waals surface area contributed by atoms with Crippen molar-refractivity contribution in [1.29, 1.82) is 0 Å². The van der Waals surface area contributed by atoms with Crippen molar-refractivity contribution in [3.63, 3.8) is 0 Å². The minimum Gasteiger partial charge on any atom is -0.399 e. The summed E-state index contributed by atoms with van der Waals surface area (Å²) in [6.07, 6.45) is 1.93. The first-order valence-corrected chi connectivity index (χ1v) is 7.95. The highest BCUT2D eigenvalue weighted by atomic mass is 16.7. The fraction of sp³-hybridized carbons (Fsp3) is 0.368. The Balaban J connectivity index is 1.74. The summed E-state index contributed by atoms with van der Waals surface area (Å²) in [5, 5.41) is 0. The number of benzene rings is 2. The summed E-state index contributed by atoms with van der Waals surface area (Å²) in [5.74, 6) is 0. The van der Waals surface area contributed by atoms with Crippen molar-refractivity contribution in [2.75, 3.05) is 0 Å². The molecule has 0 aliphatic carbocycles. The van der Waals surface area contributed by atoms with Crippen LogP contribution >= 0.6 is 0 Å². The van der Waals surface area contributed by atoms with E-state index in [1.807, 2.05) is 18.2 Å². The molecular formula is C19H23BO2. The first-order chi connectivity index (χ1) is 10.5. The Bertz CT molecular complexity index is 612. The Labute approximate surface area is 133 Å². The molecule has 2 aromatic carbocycles. The predicted molar refractivity (Wildman–Crippen MR) is 91.2 cm³/mol. The first kappa shape index (κ1) is 15.3. The van der Waals surface area contributed by atoms with Gasteiger partial charge in [-0.25, -0.2) is 0 Å². The van der Waals surface area contributed by atoms with E-state index in [4.69, 9.17) is 9.31 Å². The highest BCUT2D eigenvalue weighted by Gasteiger charge is 2.54. The van der Waals surface area contributed by atoms with E-state index in [0.717, 1.165) is 18.3 Å². The fourth-order valence-corrected chi connectivity index (χ4v) is 2.93. The van der Waals surface area contributed by atoms with Crippen LogP contribution in [-0.2, 0) is 15.7 Å². The molecule has 114 valence electrons. The number of hydrogen-bond acceptors (Lipinski definition) is 2. The molecule has 0 N–H and O–H groups in total. The van der Waals surface area contributed by atoms with Crippen molar-refractivity contribution in [1.82, 2.24) is 0 Å². The molecule has 0 amide bonds. The first-order valence-electron chi connectivity index (χ1n) is 7.95. The summed E-state index contributed by atoms with van der Waals surface area (Å²) in [6, 6.07) is 20.7. The Hall–Kier alpha value is -1.58. The zero-order chi connectivity index (χ0) is 15.6. The Morgan fingerprint density at radius 2 is 1.41 bits per heavy atom. The number of aryl methyl sites for hydroxylation is 1. The van der Waals surface area contributed by atoms with E-state index in [1.54, 1.807) is 0 Å². The van der Waals surface area contributed by atoms with Crippen LogP contribution in [0.25, 0.3) is 0 Å². The second kappa shape index (κ2) is 5.90. The van der Waals surface area contributed by atoms with Crippen LogP contribution in [-0.4, -0.2) is 18.3 Å². The molecule has 1 aliphatic heterocycles. The van der Waals surface area contributed by atoms with Gasteiger partial charge in [-0.2, -0.15) is 0 Å². The lowest BCUT2D eigenvalue weighted by Gasteiger charge is -2.36. The number of hydrogen-bond donors (Lipinski definition) is 0. The molecule has 1 unspecified atom stereocenters. The predicted octanol–water partition coefficient (Wildman–Crippen LogP) is 3.60. The van der Waals surface area contributed by atoms with Gasteiger partial charge < -0.3 is 9.31 Å². The lowest BCUT2D eigenvalue weighted by Crippen LogP contribution is -2.45. The van der Waals surface area contributed by atoms with Crippen molar-refractivity contribution in [3.05, 3.63) is 66.2 Å². The molecule has 0 bridgehead atoms. The Morgan fingerprint density at radius 1 is 0.818 bits per heavy atom. The van der Waals surface area contributed by atoms with Gasteiger partial charge in [-0.15, -0.1) is 0 Å². The highest BCUT2D eigenvalue weighted by Crippen LogP contribution is 2.40. The molecule has 0 saturated carbocycles. The molecule has 0 spiro atoms. The third-order valence-electron chi connectivity index (χ3n) is 4.85. The van der Waals surface area contributed by atoms with E-state index in [-0.39, 0.29) is 18.3 Å². The molecule has 1 atom stereocenters. The molecule has 2 aromatic rings. The van der Waals surface area contributed by atoms with E-state index in [1.165, 1.54) is 5.56 Å². The summed E-state index contributed by atoms with van der Waals surface area (Å²) in [4.78, 5) is 0. The minimum atomic E-state index is -0.317. The molecule has 0 radical (unpaired) electrons. The Morgan fingerprint density at radius 3 is 2.05 bits per heavy atom. The highest BCUT2D eigenvalue weighted by molar-refractivity contribution is 6.62. The van der Waals surface area contributed by atoms with Crippen LogP contribution in [0, 0.1) is 0 Å². The normalized spacial score (nSPS) is 23.7. The van der Waals surface area contributed by atoms with E-state index in [0.29, 0.717) is 0 Å². The maximum Gasteiger partial charge on any atom is 0.494 e. The van der Waals surface area contributed by atoms with Crippen LogP contribution in [0.15, 0.2) is 60.7 Å². The molecule has 1 fully saturated rings. The third kappa shape index (κ3) is 2.97. The van der Waals surface area contributed by atoms with Gasteiger partial charge in [-0.1, -0.05) is 60.7 Å². The second-order valence-corrected chi connectivity index (χ2v) is 6.71. The number of rotatable bonds is 4. The summed E-state index contributed by atoms with van der Waals surface area (Å²) in [6.45, 7) is 6.42. The van der Waals surface area contributed by atoms with Crippen molar-refractivity contribution in [2.24, 2.45) is 0 Å². The van der Waals surface area contributed by atoms with Crippen LogP contribution in [0.4, 0.5) is 0 Å². The SMILES string of the molecule is CC1(C)OB(c2ccccc2)OC1(C)CCc1ccccc1. The van der Waals surface area contributed by atoms with Gasteiger partial charge in [0.25, 0.3) is 0 Å². The van der Waals surface area contributed by atoms with Crippen LogP contribution < -0.4 is 5.46 Å². The van der Waals surface area contributed by atoms with Gasteiger partial charge in [0.1, 0.15) is 0 Å². The molecule has 3 heteroatoms. The summed E-state index contributed by atoms with van der Waals surface area (Å²) in [7, 11) is -0.281. The quantitative estimate of drug-likeness (QED) is 0.802. The van der Waals surface area contributed by atoms with Gasteiger partial charge in [-0.3, -0.25) is 0 Å². The van der Waals surface area contributed by atoms with E-state index < -0.39 is 0 Å². The standard InChI is InChI=1S/C19H23BO2/c1-18(2)19(3,15-14-16-10-6-4-7-11-16)22-20(21-18)17-12-8-5-9-13-17/h4-13H,14-15H2,1-3H3. The molecule has 2 nitrogen and oxygen atoms in total. The second-order valence-electron chi connectivity index (χ2n) is 6.71. The molecular weight excluding hydrogens is 271 g/mol. The van der Waals surface area contributed by atoms with Crippen molar-refractivity contribution >= 4 is 12.6 Å². The van der Waals surface area contributed by atoms with E-state index in [2.05, 4.69) is 63.2 Å². The topological polar surface area (TPSA) is 18.5 Å². The smallest absolute Gasteiger partial charge is 0.399 e. The maximum atomic E-state index is 6.35. The van der Waals surface area contributed by atoms with Gasteiger partial charge in [0.15, 0.2) is 0 Å². The van der Waals surface area contributed by atoms with Crippen LogP contribution in [0.3, 0.4) is 0 Å². The molecule has 22 heavy (non-hydrogen) atoms. The maximum absolute atomic E-state index is 6.35. The Kier molecular flexibility index (Phi) is 4.11. The lowest BCUT2D eigenvalue weighted by molar-refractivity contribution is -0.0152. The summed E-state index contributed by atoms with van der Waals surface area (Å²) >= 11 is 0. The average molecular weight is 294 g/mol. The zero-order valence-electron chi connectivity index (χ0n) is 13.6. The van der Waals surface area contributed by atoms with E-state index >= 15 is 0 Å². The van der Waals surface area contributed by atoms with Crippen molar-refractivity contribution < 1.29 is 9.31 Å². The molecule has 1 heterocycles. The molecule has 1 saturated heterocycles. The molecule has 1 aliphatic rings. The van der Waals surface area contributed by atoms with Crippen LogP contribution in [0.2, 0.25) is 0 Å². The van der Waals surface area contributed by atoms with Crippen molar-refractivity contribution in [2.45, 2.75) is 44.8 Å². The summed E-state index contributed by atoms with van der Waals surface area (Å²) in [5.41, 5.74) is 1.80. The van der Waals surface area contributed by atoms with Gasteiger partial charge in [-0.05, 0) is 44.6 Å². The van der Waals surface area contributed by atoms with E-state index in [9.17, 15) is 0 Å². The zero-order valence-corrected chi connectivity index (χ0v) is 13.6. The largest absolute Gasteiger partial charge is 0.494 e. The van der Waals surface area contributed by atoms with Gasteiger partial charge in [0, 0.05) is 0 Å².